The van der Waals surface area contributed by atoms with Crippen LogP contribution in [0.15, 0.2) is 72.8 Å². The molecule has 3 aromatic carbocycles. The third kappa shape index (κ3) is 8.27. The van der Waals surface area contributed by atoms with Crippen molar-refractivity contribution in [3.8, 4) is 5.75 Å². The van der Waals surface area contributed by atoms with E-state index in [9.17, 15) is 19.6 Å². The Kier molecular flexibility index (Phi) is 10.4. The molecule has 0 spiro atoms. The molecule has 208 valence electrons. The molecule has 0 aliphatic carbocycles. The highest BCUT2D eigenvalue weighted by Gasteiger charge is 2.39. The molecule has 0 saturated carbocycles. The lowest BCUT2D eigenvalue weighted by atomic mass is 9.85. The Bertz CT molecular complexity index is 1260. The highest BCUT2D eigenvalue weighted by Crippen LogP contribution is 2.24. The lowest BCUT2D eigenvalue weighted by molar-refractivity contribution is -0.151. The molecule has 9 nitrogen and oxygen atoms in total. The Balaban J connectivity index is 1.89. The van der Waals surface area contributed by atoms with E-state index in [-0.39, 0.29) is 13.0 Å². The average Bonchev–Trinajstić information content (AvgIpc) is 2.93. The molecule has 0 aliphatic heterocycles. The van der Waals surface area contributed by atoms with E-state index in [1.54, 1.807) is 29.7 Å². The van der Waals surface area contributed by atoms with Crippen molar-refractivity contribution in [2.24, 2.45) is 11.3 Å². The van der Waals surface area contributed by atoms with Crippen molar-refractivity contribution in [2.45, 2.75) is 52.7 Å². The zero-order valence-corrected chi connectivity index (χ0v) is 22.8. The summed E-state index contributed by atoms with van der Waals surface area (Å²) in [7, 11) is 0. The first-order valence-corrected chi connectivity index (χ1v) is 13.0. The minimum atomic E-state index is -1.29. The predicted molar refractivity (Wildman–Crippen MR) is 148 cm³/mol. The van der Waals surface area contributed by atoms with Crippen LogP contribution in [0.1, 0.15) is 39.7 Å². The highest BCUT2D eigenvalue weighted by atomic mass is 16.7. The van der Waals surface area contributed by atoms with Gasteiger partial charge < -0.3 is 14.9 Å². The van der Waals surface area contributed by atoms with Crippen LogP contribution in [0.4, 0.5) is 0 Å². The van der Waals surface area contributed by atoms with Crippen LogP contribution in [0.3, 0.4) is 0 Å². The van der Waals surface area contributed by atoms with Gasteiger partial charge in [0.15, 0.2) is 5.75 Å². The zero-order chi connectivity index (χ0) is 28.4. The number of benzene rings is 3. The molecule has 0 heterocycles. The average molecular weight is 536 g/mol. The molecule has 3 amide bonds. The Morgan fingerprint density at radius 3 is 2.18 bits per heavy atom. The second-order valence-electron chi connectivity index (χ2n) is 10.4. The summed E-state index contributed by atoms with van der Waals surface area (Å²) >= 11 is 0. The topological polar surface area (TPSA) is 126 Å². The molecule has 4 N–H and O–H groups in total. The van der Waals surface area contributed by atoms with E-state index >= 15 is 0 Å². The number of amides is 3. The van der Waals surface area contributed by atoms with Gasteiger partial charge in [-0.05, 0) is 46.7 Å². The fraction of sp³-hybridized carbons (Fsp3) is 0.367. The first kappa shape index (κ1) is 29.6. The van der Waals surface area contributed by atoms with Crippen LogP contribution in [-0.2, 0) is 25.5 Å². The molecule has 0 bridgehead atoms. The van der Waals surface area contributed by atoms with E-state index in [0.717, 1.165) is 16.3 Å². The van der Waals surface area contributed by atoms with E-state index in [0.29, 0.717) is 12.2 Å². The van der Waals surface area contributed by atoms with Crippen molar-refractivity contribution in [3.05, 3.63) is 78.4 Å². The van der Waals surface area contributed by atoms with Crippen LogP contribution < -0.4 is 21.1 Å². The van der Waals surface area contributed by atoms with Crippen molar-refractivity contribution in [2.75, 3.05) is 6.61 Å². The molecule has 3 atom stereocenters. The largest absolute Gasteiger partial charge is 0.379 e. The Hall–Kier alpha value is -3.95. The van der Waals surface area contributed by atoms with Crippen molar-refractivity contribution in [3.63, 3.8) is 0 Å². The number of rotatable bonds is 12. The number of hydroxylamine groups is 2. The van der Waals surface area contributed by atoms with Crippen molar-refractivity contribution >= 4 is 28.5 Å². The first-order chi connectivity index (χ1) is 18.6. The number of hydrogen-bond acceptors (Lipinski definition) is 6. The standard InChI is InChI=1S/C30H37N3O6/c1-5-17-38-25(28(35)32-37)24(19-20-15-16-21-11-9-10-12-22(21)18-20)27(34)31-26(30(2,3)4)29(36)33-39-23-13-7-6-8-14-23/h6-16,18,24-26,37H,5,17,19H2,1-4H3,(H,31,34)(H,32,35)(H,33,36)/t24-,25+,26-/m1/s1. The van der Waals surface area contributed by atoms with E-state index in [2.05, 4.69) is 10.8 Å². The predicted octanol–water partition coefficient (Wildman–Crippen LogP) is 3.94. The zero-order valence-electron chi connectivity index (χ0n) is 22.8. The van der Waals surface area contributed by atoms with Crippen molar-refractivity contribution < 1.29 is 29.2 Å². The van der Waals surface area contributed by atoms with Crippen molar-refractivity contribution in [1.29, 1.82) is 0 Å². The van der Waals surface area contributed by atoms with Crippen LogP contribution in [0.25, 0.3) is 10.8 Å². The van der Waals surface area contributed by atoms with Gasteiger partial charge in [0.25, 0.3) is 11.8 Å². The normalized spacial score (nSPS) is 13.7. The molecule has 39 heavy (non-hydrogen) atoms. The molecule has 3 aromatic rings. The van der Waals surface area contributed by atoms with Gasteiger partial charge in [-0.15, -0.1) is 0 Å². The maximum absolute atomic E-state index is 13.8. The number of hydrogen-bond donors (Lipinski definition) is 4. The molecule has 0 aliphatic rings. The molecule has 3 rings (SSSR count). The van der Waals surface area contributed by atoms with Crippen molar-refractivity contribution in [1.82, 2.24) is 16.3 Å². The Labute approximate surface area is 228 Å². The van der Waals surface area contributed by atoms with Gasteiger partial charge in [-0.3, -0.25) is 19.6 Å². The number of para-hydroxylation sites is 1. The minimum absolute atomic E-state index is 0.136. The number of nitrogens with one attached hydrogen (secondary N) is 3. The van der Waals surface area contributed by atoms with Crippen LogP contribution in [0, 0.1) is 11.3 Å². The van der Waals surface area contributed by atoms with Gasteiger partial charge in [0, 0.05) is 6.61 Å². The van der Waals surface area contributed by atoms with E-state index < -0.39 is 41.2 Å². The molecule has 0 unspecified atom stereocenters. The molecular weight excluding hydrogens is 498 g/mol. The first-order valence-electron chi connectivity index (χ1n) is 13.0. The van der Waals surface area contributed by atoms with Crippen LogP contribution >= 0.6 is 0 Å². The van der Waals surface area contributed by atoms with Gasteiger partial charge in [-0.1, -0.05) is 88.4 Å². The fourth-order valence-corrected chi connectivity index (χ4v) is 4.22. The SMILES string of the molecule is CCCO[C@H](C(=O)NO)[C@@H](Cc1ccc2ccccc2c1)C(=O)N[C@H](C(=O)NOc1ccccc1)C(C)(C)C. The van der Waals surface area contributed by atoms with E-state index in [1.165, 1.54) is 0 Å². The summed E-state index contributed by atoms with van der Waals surface area (Å²) < 4.78 is 5.76. The third-order valence-corrected chi connectivity index (χ3v) is 6.27. The van der Waals surface area contributed by atoms with Gasteiger partial charge in [0.2, 0.25) is 5.91 Å². The molecule has 9 heteroatoms. The number of ether oxygens (including phenoxy) is 1. The van der Waals surface area contributed by atoms with Gasteiger partial charge in [0.1, 0.15) is 12.1 Å². The van der Waals surface area contributed by atoms with E-state index in [4.69, 9.17) is 9.57 Å². The number of carbonyl (C=O) groups is 3. The second-order valence-corrected chi connectivity index (χ2v) is 10.4. The third-order valence-electron chi connectivity index (χ3n) is 6.27. The summed E-state index contributed by atoms with van der Waals surface area (Å²) in [5, 5.41) is 14.3. The maximum atomic E-state index is 13.8. The van der Waals surface area contributed by atoms with Gasteiger partial charge in [-0.2, -0.15) is 5.48 Å². The quantitative estimate of drug-likeness (QED) is 0.206. The summed E-state index contributed by atoms with van der Waals surface area (Å²) in [5.74, 6) is -2.57. The molecule has 0 saturated heterocycles. The summed E-state index contributed by atoms with van der Waals surface area (Å²) in [6.45, 7) is 7.50. The summed E-state index contributed by atoms with van der Waals surface area (Å²) in [6, 6.07) is 21.3. The monoisotopic (exact) mass is 535 g/mol. The smallest absolute Gasteiger partial charge is 0.275 e. The fourth-order valence-electron chi connectivity index (χ4n) is 4.22. The molecule has 0 aromatic heterocycles. The lowest BCUT2D eigenvalue weighted by Crippen LogP contribution is -2.57. The lowest BCUT2D eigenvalue weighted by Gasteiger charge is -2.33. The molecular formula is C30H37N3O6. The summed E-state index contributed by atoms with van der Waals surface area (Å²) in [5.41, 5.74) is 4.14. The van der Waals surface area contributed by atoms with Gasteiger partial charge in [-0.25, -0.2) is 5.48 Å². The van der Waals surface area contributed by atoms with Crippen LogP contribution in [0.2, 0.25) is 0 Å². The van der Waals surface area contributed by atoms with Gasteiger partial charge >= 0.3 is 0 Å². The van der Waals surface area contributed by atoms with Crippen LogP contribution in [-0.4, -0.2) is 41.7 Å². The minimum Gasteiger partial charge on any atom is -0.379 e. The molecule has 0 fully saturated rings. The Morgan fingerprint density at radius 1 is 0.872 bits per heavy atom. The second kappa shape index (κ2) is 13.7. The number of fused-ring (bicyclic) bond motifs is 1. The Morgan fingerprint density at radius 2 is 1.54 bits per heavy atom. The van der Waals surface area contributed by atoms with E-state index in [1.807, 2.05) is 76.2 Å². The summed E-state index contributed by atoms with van der Waals surface area (Å²) in [4.78, 5) is 45.0. The maximum Gasteiger partial charge on any atom is 0.275 e. The highest BCUT2D eigenvalue weighted by molar-refractivity contribution is 5.93. The number of carbonyl (C=O) groups excluding carboxylic acids is 3. The molecule has 0 radical (unpaired) electrons. The van der Waals surface area contributed by atoms with Crippen LogP contribution in [0.5, 0.6) is 5.75 Å². The van der Waals surface area contributed by atoms with Gasteiger partial charge in [0.05, 0.1) is 5.92 Å². The summed E-state index contributed by atoms with van der Waals surface area (Å²) in [6.07, 6.45) is -0.549.